The van der Waals surface area contributed by atoms with Gasteiger partial charge in [-0.05, 0) is 73.3 Å². The molecule has 17 heteroatoms. The average molecular weight is 797 g/mol. The zero-order chi connectivity index (χ0) is 40.4. The predicted molar refractivity (Wildman–Crippen MR) is 209 cm³/mol. The van der Waals surface area contributed by atoms with Crippen molar-refractivity contribution in [1.29, 1.82) is 0 Å². The minimum absolute atomic E-state index is 0.0751. The summed E-state index contributed by atoms with van der Waals surface area (Å²) >= 11 is 1.41. The number of anilines is 3. The number of benzene rings is 2. The third-order valence-electron chi connectivity index (χ3n) is 10.6. The van der Waals surface area contributed by atoms with Crippen molar-refractivity contribution >= 4 is 51.5 Å². The number of halogens is 2. The SMILES string of the molecule is CC(C)(CCC(C)(C)CNc1ccc(N)c(C(=O)N(N)C2CCC(=O)NC2=O)c1)CNC(=O)COc1c(-c2csc(N3CC4CCC(C3)O4)n2)ccc(F)c1F. The van der Waals surface area contributed by atoms with Crippen LogP contribution >= 0.6 is 11.3 Å². The van der Waals surface area contributed by atoms with E-state index in [1.54, 1.807) is 23.6 Å². The fourth-order valence-electron chi connectivity index (χ4n) is 6.98. The van der Waals surface area contributed by atoms with E-state index in [2.05, 4.69) is 34.7 Å². The van der Waals surface area contributed by atoms with Crippen molar-refractivity contribution in [2.75, 3.05) is 48.7 Å². The summed E-state index contributed by atoms with van der Waals surface area (Å²) in [6.07, 6.45) is 4.07. The fourth-order valence-corrected chi connectivity index (χ4v) is 7.83. The number of hydrogen-bond donors (Lipinski definition) is 5. The van der Waals surface area contributed by atoms with Crippen LogP contribution in [-0.2, 0) is 19.1 Å². The summed E-state index contributed by atoms with van der Waals surface area (Å²) < 4.78 is 41.0. The highest BCUT2D eigenvalue weighted by molar-refractivity contribution is 7.14. The molecule has 3 aliphatic rings. The van der Waals surface area contributed by atoms with Crippen molar-refractivity contribution in [3.63, 3.8) is 0 Å². The van der Waals surface area contributed by atoms with Gasteiger partial charge in [0.25, 0.3) is 17.7 Å². The summed E-state index contributed by atoms with van der Waals surface area (Å²) in [6, 6.07) is 6.37. The first-order chi connectivity index (χ1) is 26.5. The molecule has 2 aromatic carbocycles. The van der Waals surface area contributed by atoms with E-state index in [-0.39, 0.29) is 58.4 Å². The standard InChI is InChI=1S/C39H50F2N8O6S/c1-38(2,20-44-22-5-10-28(42)26(15-22)36(53)49(43)30-11-12-31(50)47-35(30)52)13-14-39(3,4)21-45-32(51)18-54-34-25(8-9-27(40)33(34)41)29-19-56-37(46-29)48-16-23-6-7-24(17-48)55-23/h5,8-10,15,19,23-24,30,44H,6-7,11-14,16-18,20-21,42-43H2,1-4H3,(H,45,51)(H,47,50,52). The minimum atomic E-state index is -1.18. The highest BCUT2D eigenvalue weighted by Crippen LogP contribution is 2.38. The summed E-state index contributed by atoms with van der Waals surface area (Å²) in [7, 11) is 0. The number of nitrogens with one attached hydrogen (secondary N) is 3. The van der Waals surface area contributed by atoms with E-state index in [4.69, 9.17) is 26.0 Å². The van der Waals surface area contributed by atoms with Gasteiger partial charge in [0.05, 0.1) is 23.5 Å². The average Bonchev–Trinajstić information content (AvgIpc) is 3.79. The number of ether oxygens (including phenoxy) is 2. The van der Waals surface area contributed by atoms with Crippen LogP contribution in [0.25, 0.3) is 11.3 Å². The number of carbonyl (C=O) groups is 4. The molecule has 3 atom stereocenters. The van der Waals surface area contributed by atoms with Crippen LogP contribution in [0.3, 0.4) is 0 Å². The molecule has 6 rings (SSSR count). The Morgan fingerprint density at radius 3 is 2.45 bits per heavy atom. The molecule has 0 spiro atoms. The molecule has 3 fully saturated rings. The fraction of sp³-hybridized carbons (Fsp3) is 0.513. The van der Waals surface area contributed by atoms with Crippen LogP contribution in [0.2, 0.25) is 0 Å². The number of hydrazine groups is 1. The van der Waals surface area contributed by atoms with Crippen molar-refractivity contribution in [2.45, 2.75) is 84.5 Å². The van der Waals surface area contributed by atoms with E-state index < -0.39 is 47.9 Å². The van der Waals surface area contributed by atoms with Crippen LogP contribution in [0.1, 0.15) is 76.6 Å². The van der Waals surface area contributed by atoms with Gasteiger partial charge in [0, 0.05) is 54.9 Å². The smallest absolute Gasteiger partial charge is 0.270 e. The second kappa shape index (κ2) is 16.7. The number of fused-ring (bicyclic) bond motifs is 2. The molecular weight excluding hydrogens is 747 g/mol. The lowest BCUT2D eigenvalue weighted by Gasteiger charge is -2.32. The molecule has 14 nitrogen and oxygen atoms in total. The maximum Gasteiger partial charge on any atom is 0.270 e. The molecule has 2 bridgehead atoms. The molecule has 0 radical (unpaired) electrons. The largest absolute Gasteiger partial charge is 0.480 e. The number of rotatable bonds is 15. The molecule has 0 saturated carbocycles. The van der Waals surface area contributed by atoms with E-state index >= 15 is 4.39 Å². The number of imide groups is 1. The zero-order valence-corrected chi connectivity index (χ0v) is 32.9. The molecule has 0 aliphatic carbocycles. The Kier molecular flexibility index (Phi) is 12.2. The highest BCUT2D eigenvalue weighted by Gasteiger charge is 2.36. The molecule has 3 saturated heterocycles. The zero-order valence-electron chi connectivity index (χ0n) is 32.1. The number of amides is 4. The van der Waals surface area contributed by atoms with Gasteiger partial charge in [0.1, 0.15) is 6.04 Å². The second-order valence-electron chi connectivity index (χ2n) is 16.3. The maximum atomic E-state index is 15.1. The van der Waals surface area contributed by atoms with Crippen molar-refractivity contribution in [3.8, 4) is 17.0 Å². The third-order valence-corrected chi connectivity index (χ3v) is 11.5. The van der Waals surface area contributed by atoms with Gasteiger partial charge in [0.15, 0.2) is 23.3 Å². The van der Waals surface area contributed by atoms with Crippen LogP contribution in [0.4, 0.5) is 25.3 Å². The number of carbonyl (C=O) groups excluding carboxylic acids is 4. The van der Waals surface area contributed by atoms with Crippen molar-refractivity contribution in [1.82, 2.24) is 20.6 Å². The molecule has 302 valence electrons. The summed E-state index contributed by atoms with van der Waals surface area (Å²) in [5.41, 5.74) is 7.23. The molecule has 56 heavy (non-hydrogen) atoms. The lowest BCUT2D eigenvalue weighted by molar-refractivity contribution is -0.137. The van der Waals surface area contributed by atoms with E-state index in [0.717, 1.165) is 55.0 Å². The van der Waals surface area contributed by atoms with E-state index in [0.29, 0.717) is 24.5 Å². The molecule has 3 unspecified atom stereocenters. The first kappa shape index (κ1) is 40.8. The van der Waals surface area contributed by atoms with Crippen LogP contribution in [-0.4, -0.2) is 84.7 Å². The number of nitrogens with zero attached hydrogens (tertiary/aromatic N) is 3. The number of aromatic nitrogens is 1. The second-order valence-corrected chi connectivity index (χ2v) is 17.2. The molecule has 7 N–H and O–H groups in total. The number of piperidine rings is 1. The first-order valence-corrected chi connectivity index (χ1v) is 19.7. The van der Waals surface area contributed by atoms with Gasteiger partial charge in [-0.2, -0.15) is 4.39 Å². The van der Waals surface area contributed by atoms with Crippen LogP contribution in [0.15, 0.2) is 35.7 Å². The highest BCUT2D eigenvalue weighted by atomic mass is 32.1. The van der Waals surface area contributed by atoms with Crippen molar-refractivity contribution in [2.24, 2.45) is 16.7 Å². The van der Waals surface area contributed by atoms with Gasteiger partial charge < -0.3 is 30.7 Å². The number of thiazole rings is 1. The lowest BCUT2D eigenvalue weighted by Crippen LogP contribution is -2.57. The Hall–Kier alpha value is -4.87. The minimum Gasteiger partial charge on any atom is -0.480 e. The third kappa shape index (κ3) is 9.73. The monoisotopic (exact) mass is 796 g/mol. The number of nitrogens with two attached hydrogens (primary N) is 2. The summed E-state index contributed by atoms with van der Waals surface area (Å²) in [4.78, 5) is 56.8. The molecule has 4 amide bonds. The van der Waals surface area contributed by atoms with E-state index in [1.165, 1.54) is 17.4 Å². The summed E-state index contributed by atoms with van der Waals surface area (Å²) in [6.45, 7) is 10.1. The Balaban J connectivity index is 0.981. The Bertz CT molecular complexity index is 1960. The van der Waals surface area contributed by atoms with Crippen molar-refractivity contribution < 1.29 is 37.4 Å². The van der Waals surface area contributed by atoms with Gasteiger partial charge in [-0.15, -0.1) is 11.3 Å². The molecule has 3 aromatic rings. The van der Waals surface area contributed by atoms with E-state index in [9.17, 15) is 23.6 Å². The van der Waals surface area contributed by atoms with E-state index in [1.807, 2.05) is 13.8 Å². The number of morpholine rings is 1. The molecular formula is C39H50F2N8O6S. The summed E-state index contributed by atoms with van der Waals surface area (Å²) in [5.74, 6) is 1.24. The number of hydrogen-bond acceptors (Lipinski definition) is 12. The van der Waals surface area contributed by atoms with Gasteiger partial charge in [-0.25, -0.2) is 15.2 Å². The lowest BCUT2D eigenvalue weighted by atomic mass is 9.79. The van der Waals surface area contributed by atoms with Gasteiger partial charge in [-0.3, -0.25) is 29.5 Å². The quantitative estimate of drug-likeness (QED) is 0.0475. The molecule has 4 heterocycles. The predicted octanol–water partition coefficient (Wildman–Crippen LogP) is 4.60. The first-order valence-electron chi connectivity index (χ1n) is 18.8. The van der Waals surface area contributed by atoms with Crippen LogP contribution in [0, 0.1) is 22.5 Å². The maximum absolute atomic E-state index is 15.1. The Morgan fingerprint density at radius 1 is 1.05 bits per heavy atom. The van der Waals surface area contributed by atoms with Gasteiger partial charge in [0.2, 0.25) is 11.7 Å². The van der Waals surface area contributed by atoms with Gasteiger partial charge in [-0.1, -0.05) is 27.7 Å². The Labute approximate surface area is 328 Å². The van der Waals surface area contributed by atoms with Crippen LogP contribution in [0.5, 0.6) is 5.75 Å². The number of nitrogen functional groups attached to an aromatic ring is 1. The Morgan fingerprint density at radius 2 is 1.75 bits per heavy atom. The van der Waals surface area contributed by atoms with Gasteiger partial charge >= 0.3 is 0 Å². The molecule has 3 aliphatic heterocycles. The van der Waals surface area contributed by atoms with Crippen LogP contribution < -0.4 is 37.2 Å². The topological polar surface area (TPSA) is 194 Å². The molecule has 1 aromatic heterocycles. The normalized spacial score (nSPS) is 19.8. The summed E-state index contributed by atoms with van der Waals surface area (Å²) in [5, 5.41) is 11.8. The van der Waals surface area contributed by atoms with Crippen molar-refractivity contribution in [3.05, 3.63) is 52.9 Å².